The molecule has 2 rings (SSSR count). The van der Waals surface area contributed by atoms with Crippen LogP contribution in [0, 0.1) is 6.92 Å². The van der Waals surface area contributed by atoms with E-state index in [1.54, 1.807) is 13.0 Å². The van der Waals surface area contributed by atoms with Crippen molar-refractivity contribution < 1.29 is 27.3 Å². The molecule has 9 nitrogen and oxygen atoms in total. The number of carbonyl (C=O) groups excluding carboxylic acids is 2. The molecule has 2 aromatic rings. The molecule has 1 amide bonds. The van der Waals surface area contributed by atoms with Gasteiger partial charge in [-0.2, -0.15) is 0 Å². The number of esters is 1. The first-order valence-electron chi connectivity index (χ1n) is 8.95. The third kappa shape index (κ3) is 5.01. The van der Waals surface area contributed by atoms with E-state index in [0.29, 0.717) is 11.5 Å². The smallest absolute Gasteiger partial charge is 0.344 e. The van der Waals surface area contributed by atoms with Gasteiger partial charge in [0.05, 0.1) is 10.6 Å². The summed E-state index contributed by atoms with van der Waals surface area (Å²) in [4.78, 5) is 25.0. The number of amides is 1. The Morgan fingerprint density at radius 1 is 1.21 bits per heavy atom. The molecule has 1 aromatic heterocycles. The molecule has 1 heterocycles. The Kier molecular flexibility index (Phi) is 6.81. The van der Waals surface area contributed by atoms with Gasteiger partial charge < -0.3 is 14.6 Å². The van der Waals surface area contributed by atoms with Crippen molar-refractivity contribution in [3.8, 4) is 0 Å². The highest BCUT2D eigenvalue weighted by Gasteiger charge is 2.27. The van der Waals surface area contributed by atoms with Gasteiger partial charge in [-0.1, -0.05) is 25.1 Å². The zero-order valence-electron chi connectivity index (χ0n) is 17.2. The lowest BCUT2D eigenvalue weighted by Gasteiger charge is -2.15. The molecule has 0 bridgehead atoms. The fourth-order valence-corrected chi connectivity index (χ4v) is 3.44. The second-order valence-electron chi connectivity index (χ2n) is 7.01. The highest BCUT2D eigenvalue weighted by Crippen LogP contribution is 2.24. The Bertz CT molecular complexity index is 1010. The molecular formula is C19H25N3O6S. The summed E-state index contributed by atoms with van der Waals surface area (Å²) in [7, 11) is -0.809. The van der Waals surface area contributed by atoms with Crippen molar-refractivity contribution in [2.24, 2.45) is 0 Å². The molecular weight excluding hydrogens is 398 g/mol. The van der Waals surface area contributed by atoms with Crippen LogP contribution in [-0.4, -0.2) is 50.0 Å². The minimum absolute atomic E-state index is 0.0339. The molecule has 10 heteroatoms. The molecule has 0 radical (unpaired) electrons. The second-order valence-corrected chi connectivity index (χ2v) is 9.17. The predicted octanol–water partition coefficient (Wildman–Crippen LogP) is 2.54. The van der Waals surface area contributed by atoms with Crippen LogP contribution < -0.4 is 5.32 Å². The topological polar surface area (TPSA) is 119 Å². The van der Waals surface area contributed by atoms with E-state index in [1.165, 1.54) is 39.2 Å². The Morgan fingerprint density at radius 3 is 2.45 bits per heavy atom. The molecule has 0 saturated heterocycles. The molecule has 0 spiro atoms. The highest BCUT2D eigenvalue weighted by molar-refractivity contribution is 7.89. The molecule has 29 heavy (non-hydrogen) atoms. The Morgan fingerprint density at radius 2 is 1.86 bits per heavy atom. The molecule has 1 atom stereocenters. The lowest BCUT2D eigenvalue weighted by atomic mass is 10.1. The monoisotopic (exact) mass is 423 g/mol. The Balaban J connectivity index is 2.13. The average Bonchev–Trinajstić information content (AvgIpc) is 3.03. The van der Waals surface area contributed by atoms with Crippen LogP contribution in [0.1, 0.15) is 48.5 Å². The summed E-state index contributed by atoms with van der Waals surface area (Å²) < 4.78 is 36.0. The Hall–Kier alpha value is -2.72. The average molecular weight is 423 g/mol. The molecule has 1 N–H and O–H groups in total. The van der Waals surface area contributed by atoms with Crippen molar-refractivity contribution >= 4 is 27.6 Å². The summed E-state index contributed by atoms with van der Waals surface area (Å²) in [6.07, 6.45) is -1.12. The third-order valence-electron chi connectivity index (χ3n) is 4.15. The van der Waals surface area contributed by atoms with E-state index in [2.05, 4.69) is 10.5 Å². The predicted molar refractivity (Wildman–Crippen MR) is 106 cm³/mol. The molecule has 0 aliphatic carbocycles. The van der Waals surface area contributed by atoms with Crippen LogP contribution in [0.3, 0.4) is 0 Å². The van der Waals surface area contributed by atoms with Crippen LogP contribution in [0.25, 0.3) is 0 Å². The van der Waals surface area contributed by atoms with Gasteiger partial charge in [-0.05, 0) is 32.0 Å². The van der Waals surface area contributed by atoms with Crippen LogP contribution >= 0.6 is 0 Å². The van der Waals surface area contributed by atoms with E-state index < -0.39 is 28.0 Å². The number of benzene rings is 1. The number of anilines is 1. The van der Waals surface area contributed by atoms with Crippen LogP contribution in [0.2, 0.25) is 0 Å². The number of carbonyl (C=O) groups is 2. The maximum absolute atomic E-state index is 12.5. The van der Waals surface area contributed by atoms with Crippen LogP contribution in [0.5, 0.6) is 0 Å². The number of nitrogens with zero attached hydrogens (tertiary/aromatic N) is 2. The number of sulfonamides is 1. The summed E-state index contributed by atoms with van der Waals surface area (Å²) in [6.45, 7) is 6.74. The maximum atomic E-state index is 12.5. The van der Waals surface area contributed by atoms with Crippen molar-refractivity contribution in [2.75, 3.05) is 19.4 Å². The second kappa shape index (κ2) is 8.75. The van der Waals surface area contributed by atoms with Crippen molar-refractivity contribution in [3.05, 3.63) is 41.3 Å². The van der Waals surface area contributed by atoms with Gasteiger partial charge in [-0.3, -0.25) is 4.79 Å². The van der Waals surface area contributed by atoms with Crippen LogP contribution in [0.4, 0.5) is 5.69 Å². The fourth-order valence-electron chi connectivity index (χ4n) is 2.49. The highest BCUT2D eigenvalue weighted by atomic mass is 32.2. The number of hydrogen-bond donors (Lipinski definition) is 1. The van der Waals surface area contributed by atoms with Gasteiger partial charge in [-0.25, -0.2) is 17.5 Å². The van der Waals surface area contributed by atoms with Crippen molar-refractivity contribution in [3.63, 3.8) is 0 Å². The van der Waals surface area contributed by atoms with E-state index >= 15 is 0 Å². The molecule has 0 unspecified atom stereocenters. The summed E-state index contributed by atoms with van der Waals surface area (Å²) in [6, 6.07) is 5.82. The van der Waals surface area contributed by atoms with Crippen LogP contribution in [-0.2, 0) is 19.6 Å². The lowest BCUT2D eigenvalue weighted by molar-refractivity contribution is -0.123. The molecule has 0 aliphatic rings. The minimum atomic E-state index is -3.64. The summed E-state index contributed by atoms with van der Waals surface area (Å²) in [5.74, 6) is -0.997. The molecule has 0 saturated carbocycles. The van der Waals surface area contributed by atoms with Gasteiger partial charge in [0.2, 0.25) is 10.0 Å². The number of aryl methyl sites for hydroxylation is 1. The summed E-state index contributed by atoms with van der Waals surface area (Å²) in [5, 5.41) is 6.35. The van der Waals surface area contributed by atoms with Crippen molar-refractivity contribution in [1.82, 2.24) is 9.46 Å². The van der Waals surface area contributed by atoms with Crippen molar-refractivity contribution in [1.29, 1.82) is 0 Å². The van der Waals surface area contributed by atoms with Gasteiger partial charge >= 0.3 is 5.97 Å². The van der Waals surface area contributed by atoms with Crippen LogP contribution in [0.15, 0.2) is 33.7 Å². The Labute approximate surface area is 170 Å². The first-order valence-corrected chi connectivity index (χ1v) is 10.4. The van der Waals surface area contributed by atoms with Gasteiger partial charge in [0, 0.05) is 25.7 Å². The van der Waals surface area contributed by atoms with Gasteiger partial charge in [-0.15, -0.1) is 0 Å². The zero-order valence-corrected chi connectivity index (χ0v) is 18.0. The SMILES string of the molecule is Cc1noc(C(C)C)c1C(=O)O[C@@H](C)C(=O)Nc1cccc(S(=O)(=O)N(C)C)c1. The third-order valence-corrected chi connectivity index (χ3v) is 5.96. The standard InChI is InChI=1S/C19H25N3O6S/c1-11(2)17-16(12(3)21-28-17)19(24)27-13(4)18(23)20-14-8-7-9-15(10-14)29(25,26)22(5)6/h7-11,13H,1-6H3,(H,20,23)/t13-/m0/s1. The molecule has 0 aliphatic heterocycles. The van der Waals surface area contributed by atoms with Gasteiger partial charge in [0.15, 0.2) is 11.9 Å². The number of nitrogens with one attached hydrogen (secondary N) is 1. The normalized spacial score (nSPS) is 12.8. The van der Waals surface area contributed by atoms with Crippen molar-refractivity contribution in [2.45, 2.75) is 44.6 Å². The number of rotatable bonds is 7. The van der Waals surface area contributed by atoms with Gasteiger partial charge in [0.25, 0.3) is 5.91 Å². The first-order chi connectivity index (χ1) is 13.4. The van der Waals surface area contributed by atoms with E-state index in [4.69, 9.17) is 9.26 Å². The first kappa shape index (κ1) is 22.6. The lowest BCUT2D eigenvalue weighted by Crippen LogP contribution is -2.30. The number of aromatic nitrogens is 1. The molecule has 0 fully saturated rings. The molecule has 1 aromatic carbocycles. The quantitative estimate of drug-likeness (QED) is 0.680. The summed E-state index contributed by atoms with van der Waals surface area (Å²) in [5.41, 5.74) is 0.858. The largest absolute Gasteiger partial charge is 0.449 e. The minimum Gasteiger partial charge on any atom is -0.449 e. The van der Waals surface area contributed by atoms with E-state index in [0.717, 1.165) is 4.31 Å². The fraction of sp³-hybridized carbons (Fsp3) is 0.421. The van der Waals surface area contributed by atoms with E-state index in [9.17, 15) is 18.0 Å². The molecule has 158 valence electrons. The number of hydrogen-bond acceptors (Lipinski definition) is 7. The van der Waals surface area contributed by atoms with E-state index in [-0.39, 0.29) is 22.1 Å². The maximum Gasteiger partial charge on any atom is 0.344 e. The van der Waals surface area contributed by atoms with Gasteiger partial charge in [0.1, 0.15) is 5.56 Å². The number of ether oxygens (including phenoxy) is 1. The van der Waals surface area contributed by atoms with E-state index in [1.807, 2.05) is 13.8 Å². The summed E-state index contributed by atoms with van der Waals surface area (Å²) >= 11 is 0. The zero-order chi connectivity index (χ0) is 21.9.